The molecule has 0 amide bonds. The lowest BCUT2D eigenvalue weighted by atomic mass is 10.2. The Balaban J connectivity index is 2.98. The maximum Gasteiger partial charge on any atom is 0.255 e. The van der Waals surface area contributed by atoms with Crippen LogP contribution in [-0.4, -0.2) is 20.0 Å². The van der Waals surface area contributed by atoms with Gasteiger partial charge in [0.05, 0.1) is 22.4 Å². The maximum atomic E-state index is 13.1. The lowest BCUT2D eigenvalue weighted by Gasteiger charge is -2.20. The van der Waals surface area contributed by atoms with E-state index in [4.69, 9.17) is 5.73 Å². The number of hydrogen-bond donors (Lipinski definition) is 1. The molecule has 6 heteroatoms. The summed E-state index contributed by atoms with van der Waals surface area (Å²) in [4.78, 5) is 1.22. The standard InChI is InChI=1S/C9H10BrF3N2/c1-15(4-9(12)13)8-3-6(11)5(10)2-7(8)14/h2-3,9H,4,14H2,1H3. The SMILES string of the molecule is CN(CC(F)F)c1cc(F)c(Br)cc1N. The normalized spacial score (nSPS) is 10.8. The number of nitrogens with two attached hydrogens (primary N) is 1. The van der Waals surface area contributed by atoms with E-state index < -0.39 is 18.8 Å². The molecule has 0 unspecified atom stereocenters. The number of nitrogen functional groups attached to an aromatic ring is 1. The first-order chi connectivity index (χ1) is 6.91. The summed E-state index contributed by atoms with van der Waals surface area (Å²) in [7, 11) is 1.44. The monoisotopic (exact) mass is 282 g/mol. The van der Waals surface area contributed by atoms with Crippen LogP contribution in [0, 0.1) is 5.82 Å². The first kappa shape index (κ1) is 12.2. The van der Waals surface area contributed by atoms with Gasteiger partial charge in [-0.05, 0) is 22.0 Å². The maximum absolute atomic E-state index is 13.1. The fraction of sp³-hybridized carbons (Fsp3) is 0.333. The van der Waals surface area contributed by atoms with Gasteiger partial charge in [0.1, 0.15) is 5.82 Å². The van der Waals surface area contributed by atoms with E-state index >= 15 is 0 Å². The second-order valence-corrected chi connectivity index (χ2v) is 3.95. The van der Waals surface area contributed by atoms with E-state index in [0.717, 1.165) is 6.07 Å². The average molecular weight is 283 g/mol. The molecule has 0 fully saturated rings. The molecule has 1 aromatic carbocycles. The summed E-state index contributed by atoms with van der Waals surface area (Å²) in [5.41, 5.74) is 6.10. The molecule has 2 nitrogen and oxygen atoms in total. The van der Waals surface area contributed by atoms with Crippen LogP contribution in [0.4, 0.5) is 24.5 Å². The molecule has 0 saturated heterocycles. The molecule has 0 radical (unpaired) electrons. The van der Waals surface area contributed by atoms with Crippen molar-refractivity contribution in [2.24, 2.45) is 0 Å². The van der Waals surface area contributed by atoms with Crippen LogP contribution in [0.5, 0.6) is 0 Å². The van der Waals surface area contributed by atoms with Crippen LogP contribution in [0.25, 0.3) is 0 Å². The second kappa shape index (κ2) is 4.74. The van der Waals surface area contributed by atoms with Gasteiger partial charge in [-0.3, -0.25) is 0 Å². The summed E-state index contributed by atoms with van der Waals surface area (Å²) in [6.07, 6.45) is -2.49. The Labute approximate surface area is 94.0 Å². The average Bonchev–Trinajstić information content (AvgIpc) is 2.09. The molecular formula is C9H10BrF3N2. The van der Waals surface area contributed by atoms with Gasteiger partial charge in [0.15, 0.2) is 0 Å². The lowest BCUT2D eigenvalue weighted by Crippen LogP contribution is -2.25. The Morgan fingerprint density at radius 2 is 2.07 bits per heavy atom. The lowest BCUT2D eigenvalue weighted by molar-refractivity contribution is 0.156. The van der Waals surface area contributed by atoms with Gasteiger partial charge >= 0.3 is 0 Å². The van der Waals surface area contributed by atoms with Crippen molar-refractivity contribution in [3.8, 4) is 0 Å². The van der Waals surface area contributed by atoms with Gasteiger partial charge in [-0.2, -0.15) is 0 Å². The molecule has 0 spiro atoms. The van der Waals surface area contributed by atoms with Crippen molar-refractivity contribution in [3.05, 3.63) is 22.4 Å². The predicted octanol–water partition coefficient (Wildman–Crippen LogP) is 2.87. The van der Waals surface area contributed by atoms with E-state index in [1.54, 1.807) is 0 Å². The van der Waals surface area contributed by atoms with Gasteiger partial charge in [-0.15, -0.1) is 0 Å². The van der Waals surface area contributed by atoms with Crippen molar-refractivity contribution in [2.45, 2.75) is 6.43 Å². The predicted molar refractivity (Wildman–Crippen MR) is 57.8 cm³/mol. The summed E-state index contributed by atoms with van der Waals surface area (Å²) in [5, 5.41) is 0. The number of alkyl halides is 2. The molecule has 0 heterocycles. The molecule has 2 N–H and O–H groups in total. The summed E-state index contributed by atoms with van der Waals surface area (Å²) < 4.78 is 37.6. The number of nitrogens with zero attached hydrogens (tertiary/aromatic N) is 1. The molecule has 1 rings (SSSR count). The Kier molecular flexibility index (Phi) is 3.84. The van der Waals surface area contributed by atoms with Crippen molar-refractivity contribution in [1.82, 2.24) is 0 Å². The highest BCUT2D eigenvalue weighted by molar-refractivity contribution is 9.10. The number of rotatable bonds is 3. The van der Waals surface area contributed by atoms with Crippen LogP contribution in [0.1, 0.15) is 0 Å². The fourth-order valence-electron chi connectivity index (χ4n) is 1.19. The van der Waals surface area contributed by atoms with Crippen LogP contribution in [-0.2, 0) is 0 Å². The molecule has 0 aromatic heterocycles. The van der Waals surface area contributed by atoms with Gasteiger partial charge in [0, 0.05) is 13.1 Å². The Bertz CT molecular complexity index is 357. The summed E-state index contributed by atoms with van der Waals surface area (Å²) in [6, 6.07) is 2.48. The number of anilines is 2. The Morgan fingerprint density at radius 3 is 2.60 bits per heavy atom. The summed E-state index contributed by atoms with van der Waals surface area (Å²) in [6.45, 7) is -0.481. The third-order valence-electron chi connectivity index (χ3n) is 1.89. The molecule has 0 saturated carbocycles. The van der Waals surface area contributed by atoms with Crippen molar-refractivity contribution < 1.29 is 13.2 Å². The summed E-state index contributed by atoms with van der Waals surface area (Å²) in [5.74, 6) is -0.527. The van der Waals surface area contributed by atoms with E-state index in [1.807, 2.05) is 0 Å². The first-order valence-corrected chi connectivity index (χ1v) is 4.95. The molecule has 0 aliphatic carbocycles. The molecule has 1 aromatic rings. The zero-order valence-electron chi connectivity index (χ0n) is 7.98. The van der Waals surface area contributed by atoms with E-state index in [1.165, 1.54) is 18.0 Å². The quantitative estimate of drug-likeness (QED) is 0.864. The molecule has 0 aliphatic heterocycles. The largest absolute Gasteiger partial charge is 0.397 e. The minimum atomic E-state index is -2.49. The number of benzene rings is 1. The number of hydrogen-bond acceptors (Lipinski definition) is 2. The third-order valence-corrected chi connectivity index (χ3v) is 2.50. The fourth-order valence-corrected chi connectivity index (χ4v) is 1.55. The molecular weight excluding hydrogens is 273 g/mol. The minimum absolute atomic E-state index is 0.217. The van der Waals surface area contributed by atoms with Crippen molar-refractivity contribution in [3.63, 3.8) is 0 Å². The highest BCUT2D eigenvalue weighted by atomic mass is 79.9. The van der Waals surface area contributed by atoms with Crippen molar-refractivity contribution in [2.75, 3.05) is 24.2 Å². The van der Waals surface area contributed by atoms with Gasteiger partial charge in [0.25, 0.3) is 6.43 Å². The topological polar surface area (TPSA) is 29.3 Å². The van der Waals surface area contributed by atoms with Gasteiger partial charge < -0.3 is 10.6 Å². The van der Waals surface area contributed by atoms with Crippen LogP contribution in [0.2, 0.25) is 0 Å². The molecule has 15 heavy (non-hydrogen) atoms. The summed E-state index contributed by atoms with van der Waals surface area (Å²) >= 11 is 2.96. The van der Waals surface area contributed by atoms with Gasteiger partial charge in [-0.25, -0.2) is 13.2 Å². The minimum Gasteiger partial charge on any atom is -0.397 e. The second-order valence-electron chi connectivity index (χ2n) is 3.10. The van der Waals surface area contributed by atoms with Gasteiger partial charge in [-0.1, -0.05) is 0 Å². The zero-order valence-corrected chi connectivity index (χ0v) is 9.56. The smallest absolute Gasteiger partial charge is 0.255 e. The van der Waals surface area contributed by atoms with E-state index in [0.29, 0.717) is 0 Å². The van der Waals surface area contributed by atoms with E-state index in [2.05, 4.69) is 15.9 Å². The Hall–Kier alpha value is -0.910. The van der Waals surface area contributed by atoms with Crippen LogP contribution in [0.15, 0.2) is 16.6 Å². The molecule has 0 aliphatic rings. The van der Waals surface area contributed by atoms with Crippen LogP contribution >= 0.6 is 15.9 Å². The van der Waals surface area contributed by atoms with E-state index in [-0.39, 0.29) is 15.8 Å². The van der Waals surface area contributed by atoms with Crippen molar-refractivity contribution in [1.29, 1.82) is 0 Å². The van der Waals surface area contributed by atoms with Crippen molar-refractivity contribution >= 4 is 27.3 Å². The highest BCUT2D eigenvalue weighted by Gasteiger charge is 2.13. The highest BCUT2D eigenvalue weighted by Crippen LogP contribution is 2.28. The Morgan fingerprint density at radius 1 is 1.47 bits per heavy atom. The molecule has 0 atom stereocenters. The van der Waals surface area contributed by atoms with E-state index in [9.17, 15) is 13.2 Å². The number of halogens is 4. The van der Waals surface area contributed by atoms with Crippen LogP contribution in [0.3, 0.4) is 0 Å². The third kappa shape index (κ3) is 3.02. The molecule has 0 bridgehead atoms. The van der Waals surface area contributed by atoms with Crippen LogP contribution < -0.4 is 10.6 Å². The molecule has 84 valence electrons. The van der Waals surface area contributed by atoms with Gasteiger partial charge in [0.2, 0.25) is 0 Å². The zero-order chi connectivity index (χ0) is 11.6. The first-order valence-electron chi connectivity index (χ1n) is 4.15.